The summed E-state index contributed by atoms with van der Waals surface area (Å²) in [5.74, 6) is -1.38. The summed E-state index contributed by atoms with van der Waals surface area (Å²) in [7, 11) is -3.81. The average Bonchev–Trinajstić information content (AvgIpc) is 2.93. The molecule has 1 aromatic carbocycles. The highest BCUT2D eigenvalue weighted by molar-refractivity contribution is 7.88. The molecule has 3 aromatic rings. The van der Waals surface area contributed by atoms with Crippen LogP contribution in [0.5, 0.6) is 0 Å². The highest BCUT2D eigenvalue weighted by Crippen LogP contribution is 2.17. The molecule has 0 unspecified atom stereocenters. The molecule has 2 aromatic heterocycles. The number of benzene rings is 1. The van der Waals surface area contributed by atoms with Gasteiger partial charge >= 0.3 is 0 Å². The SMILES string of the molecule is Cc1nn(-c2ccccn2)c(C)c1CCNS(=O)(=O)Cc1cc(F)ccc1F. The third kappa shape index (κ3) is 4.60. The third-order valence-electron chi connectivity index (χ3n) is 4.36. The van der Waals surface area contributed by atoms with Crippen LogP contribution < -0.4 is 4.72 Å². The van der Waals surface area contributed by atoms with Crippen molar-refractivity contribution in [3.05, 3.63) is 76.7 Å². The van der Waals surface area contributed by atoms with Crippen LogP contribution in [0.1, 0.15) is 22.5 Å². The van der Waals surface area contributed by atoms with Gasteiger partial charge in [-0.05, 0) is 56.2 Å². The van der Waals surface area contributed by atoms with Gasteiger partial charge in [-0.2, -0.15) is 5.10 Å². The van der Waals surface area contributed by atoms with E-state index in [0.29, 0.717) is 12.2 Å². The lowest BCUT2D eigenvalue weighted by Gasteiger charge is -2.08. The Morgan fingerprint density at radius 3 is 2.64 bits per heavy atom. The van der Waals surface area contributed by atoms with Gasteiger partial charge in [0.2, 0.25) is 10.0 Å². The van der Waals surface area contributed by atoms with Gasteiger partial charge in [0.1, 0.15) is 11.6 Å². The first-order valence-corrected chi connectivity index (χ1v) is 10.3. The fourth-order valence-electron chi connectivity index (χ4n) is 2.98. The van der Waals surface area contributed by atoms with Crippen LogP contribution in [0.2, 0.25) is 0 Å². The maximum Gasteiger partial charge on any atom is 0.215 e. The molecule has 0 fully saturated rings. The number of hydrogen-bond acceptors (Lipinski definition) is 4. The lowest BCUT2D eigenvalue weighted by molar-refractivity contribution is 0.570. The Kier molecular flexibility index (Phi) is 5.85. The van der Waals surface area contributed by atoms with Crippen LogP contribution >= 0.6 is 0 Å². The Labute approximate surface area is 162 Å². The van der Waals surface area contributed by atoms with Crippen LogP contribution in [0, 0.1) is 25.5 Å². The Morgan fingerprint density at radius 2 is 1.93 bits per heavy atom. The lowest BCUT2D eigenvalue weighted by Crippen LogP contribution is -2.27. The van der Waals surface area contributed by atoms with Crippen molar-refractivity contribution in [2.75, 3.05) is 6.54 Å². The Morgan fingerprint density at radius 1 is 1.14 bits per heavy atom. The van der Waals surface area contributed by atoms with Crippen molar-refractivity contribution >= 4 is 10.0 Å². The second-order valence-electron chi connectivity index (χ2n) is 6.39. The Hall–Kier alpha value is -2.65. The van der Waals surface area contributed by atoms with E-state index in [1.54, 1.807) is 10.9 Å². The van der Waals surface area contributed by atoms with E-state index in [0.717, 1.165) is 35.2 Å². The second kappa shape index (κ2) is 8.15. The van der Waals surface area contributed by atoms with E-state index in [9.17, 15) is 17.2 Å². The first kappa shape index (κ1) is 20.1. The van der Waals surface area contributed by atoms with Crippen LogP contribution in [0.3, 0.4) is 0 Å². The molecule has 1 N–H and O–H groups in total. The monoisotopic (exact) mass is 406 g/mol. The number of rotatable bonds is 7. The van der Waals surface area contributed by atoms with E-state index in [2.05, 4.69) is 14.8 Å². The molecule has 0 bridgehead atoms. The fraction of sp³-hybridized carbons (Fsp3) is 0.263. The zero-order valence-electron chi connectivity index (χ0n) is 15.5. The summed E-state index contributed by atoms with van der Waals surface area (Å²) < 4.78 is 55.5. The largest absolute Gasteiger partial charge is 0.237 e. The summed E-state index contributed by atoms with van der Waals surface area (Å²) in [5, 5.41) is 4.47. The van der Waals surface area contributed by atoms with E-state index in [1.165, 1.54) is 0 Å². The molecule has 0 atom stereocenters. The predicted octanol–water partition coefficient (Wildman–Crippen LogP) is 2.82. The summed E-state index contributed by atoms with van der Waals surface area (Å²) >= 11 is 0. The number of aryl methyl sites for hydroxylation is 1. The minimum Gasteiger partial charge on any atom is -0.237 e. The molecule has 6 nitrogen and oxygen atoms in total. The smallest absolute Gasteiger partial charge is 0.215 e. The van der Waals surface area contributed by atoms with Crippen LogP contribution in [-0.2, 0) is 22.2 Å². The van der Waals surface area contributed by atoms with Gasteiger partial charge in [-0.15, -0.1) is 0 Å². The van der Waals surface area contributed by atoms with Gasteiger partial charge in [0.25, 0.3) is 0 Å². The minimum atomic E-state index is -3.81. The van der Waals surface area contributed by atoms with Crippen LogP contribution in [0.15, 0.2) is 42.6 Å². The number of aromatic nitrogens is 3. The standard InChI is InChI=1S/C19H20F2N4O2S/c1-13-17(14(2)25(24-13)19-5-3-4-9-22-19)8-10-23-28(26,27)12-15-11-16(20)6-7-18(15)21/h3-7,9,11,23H,8,10,12H2,1-2H3. The first-order chi connectivity index (χ1) is 13.3. The molecule has 28 heavy (non-hydrogen) atoms. The molecule has 148 valence electrons. The molecular formula is C19H20F2N4O2S. The summed E-state index contributed by atoms with van der Waals surface area (Å²) in [6.07, 6.45) is 2.08. The molecule has 0 amide bonds. The van der Waals surface area contributed by atoms with Crippen LogP contribution in [0.4, 0.5) is 8.78 Å². The van der Waals surface area contributed by atoms with Crippen molar-refractivity contribution in [3.63, 3.8) is 0 Å². The summed E-state index contributed by atoms with van der Waals surface area (Å²) in [6, 6.07) is 8.26. The molecule has 9 heteroatoms. The molecule has 0 spiro atoms. The second-order valence-corrected chi connectivity index (χ2v) is 8.20. The number of nitrogens with one attached hydrogen (secondary N) is 1. The maximum absolute atomic E-state index is 13.7. The van der Waals surface area contributed by atoms with Crippen molar-refractivity contribution in [3.8, 4) is 5.82 Å². The highest BCUT2D eigenvalue weighted by atomic mass is 32.2. The lowest BCUT2D eigenvalue weighted by atomic mass is 10.1. The van der Waals surface area contributed by atoms with Gasteiger partial charge in [0, 0.05) is 24.0 Å². The molecule has 0 saturated heterocycles. The molecule has 0 saturated carbocycles. The molecule has 0 radical (unpaired) electrons. The fourth-order valence-corrected chi connectivity index (χ4v) is 4.13. The van der Waals surface area contributed by atoms with Crippen molar-refractivity contribution in [1.82, 2.24) is 19.5 Å². The summed E-state index contributed by atoms with van der Waals surface area (Å²) in [4.78, 5) is 4.27. The van der Waals surface area contributed by atoms with Gasteiger partial charge < -0.3 is 0 Å². The summed E-state index contributed by atoms with van der Waals surface area (Å²) in [6.45, 7) is 3.86. The third-order valence-corrected chi connectivity index (χ3v) is 5.69. The van der Waals surface area contributed by atoms with E-state index < -0.39 is 27.4 Å². The minimum absolute atomic E-state index is 0.120. The molecule has 0 aliphatic rings. The normalized spacial score (nSPS) is 11.7. The van der Waals surface area contributed by atoms with E-state index >= 15 is 0 Å². The van der Waals surface area contributed by atoms with Gasteiger partial charge in [0.05, 0.1) is 11.4 Å². The quantitative estimate of drug-likeness (QED) is 0.655. The molecule has 2 heterocycles. The average molecular weight is 406 g/mol. The topological polar surface area (TPSA) is 76.9 Å². The number of nitrogens with zero attached hydrogens (tertiary/aromatic N) is 3. The zero-order chi connectivity index (χ0) is 20.3. The van der Waals surface area contributed by atoms with Crippen LogP contribution in [-0.4, -0.2) is 29.7 Å². The van der Waals surface area contributed by atoms with Crippen molar-refractivity contribution in [1.29, 1.82) is 0 Å². The summed E-state index contributed by atoms with van der Waals surface area (Å²) in [5.41, 5.74) is 2.35. The number of hydrogen-bond donors (Lipinski definition) is 1. The van der Waals surface area contributed by atoms with Gasteiger partial charge in [-0.3, -0.25) is 0 Å². The molecular weight excluding hydrogens is 386 g/mol. The van der Waals surface area contributed by atoms with Crippen molar-refractivity contribution < 1.29 is 17.2 Å². The Bertz CT molecular complexity index is 1080. The molecule has 0 aliphatic carbocycles. The molecule has 3 rings (SSSR count). The van der Waals surface area contributed by atoms with Gasteiger partial charge in [0.15, 0.2) is 5.82 Å². The Balaban J connectivity index is 1.68. The van der Waals surface area contributed by atoms with E-state index in [4.69, 9.17) is 0 Å². The number of halogens is 2. The van der Waals surface area contributed by atoms with Crippen molar-refractivity contribution in [2.24, 2.45) is 0 Å². The van der Waals surface area contributed by atoms with Crippen molar-refractivity contribution in [2.45, 2.75) is 26.0 Å². The zero-order valence-corrected chi connectivity index (χ0v) is 16.3. The molecule has 0 aliphatic heterocycles. The number of pyridine rings is 1. The predicted molar refractivity (Wildman–Crippen MR) is 102 cm³/mol. The van der Waals surface area contributed by atoms with Gasteiger partial charge in [-0.1, -0.05) is 6.07 Å². The van der Waals surface area contributed by atoms with E-state index in [-0.39, 0.29) is 12.1 Å². The number of sulfonamides is 1. The maximum atomic E-state index is 13.7. The van der Waals surface area contributed by atoms with Crippen LogP contribution in [0.25, 0.3) is 5.82 Å². The first-order valence-electron chi connectivity index (χ1n) is 8.64. The highest BCUT2D eigenvalue weighted by Gasteiger charge is 2.17. The van der Waals surface area contributed by atoms with Gasteiger partial charge in [-0.25, -0.2) is 31.6 Å². The van der Waals surface area contributed by atoms with E-state index in [1.807, 2.05) is 32.0 Å².